The van der Waals surface area contributed by atoms with Gasteiger partial charge in [-0.25, -0.2) is 9.18 Å². The van der Waals surface area contributed by atoms with Crippen LogP contribution in [0.1, 0.15) is 46.0 Å². The largest absolute Gasteiger partial charge is 0.457 e. The van der Waals surface area contributed by atoms with Gasteiger partial charge in [0.25, 0.3) is 5.91 Å². The molecule has 3 heterocycles. The molecule has 7 nitrogen and oxygen atoms in total. The maximum absolute atomic E-state index is 15.1. The van der Waals surface area contributed by atoms with Crippen molar-refractivity contribution in [1.29, 1.82) is 0 Å². The van der Waals surface area contributed by atoms with Crippen molar-refractivity contribution in [3.05, 3.63) is 46.6 Å². The van der Waals surface area contributed by atoms with Gasteiger partial charge in [0.05, 0.1) is 11.7 Å². The highest BCUT2D eigenvalue weighted by molar-refractivity contribution is 7.10. The fraction of sp³-hybridized carbons (Fsp3) is 0.450. The van der Waals surface area contributed by atoms with E-state index in [-0.39, 0.29) is 25.4 Å². The fourth-order valence-corrected chi connectivity index (χ4v) is 4.39. The number of esters is 1. The Labute approximate surface area is 171 Å². The average Bonchev–Trinajstić information content (AvgIpc) is 3.34. The summed E-state index contributed by atoms with van der Waals surface area (Å²) in [6.07, 6.45) is 0.915. The Morgan fingerprint density at radius 2 is 2.17 bits per heavy atom. The summed E-state index contributed by atoms with van der Waals surface area (Å²) in [7, 11) is 0. The second-order valence-corrected chi connectivity index (χ2v) is 8.33. The van der Waals surface area contributed by atoms with Crippen LogP contribution in [0.2, 0.25) is 0 Å². The summed E-state index contributed by atoms with van der Waals surface area (Å²) in [6.45, 7) is 3.17. The van der Waals surface area contributed by atoms with Crippen LogP contribution < -0.4 is 5.32 Å². The predicted molar refractivity (Wildman–Crippen MR) is 106 cm³/mol. The topological polar surface area (TPSA) is 91.8 Å². The monoisotopic (exact) mass is 419 g/mol. The number of likely N-dealkylation sites (tertiary alicyclic amines) is 1. The van der Waals surface area contributed by atoms with E-state index in [0.717, 1.165) is 28.2 Å². The molecule has 1 saturated heterocycles. The Morgan fingerprint density at radius 3 is 2.86 bits per heavy atom. The molecule has 1 atom stereocenters. The molecule has 1 aromatic heterocycles. The highest BCUT2D eigenvalue weighted by atomic mass is 32.1. The number of carbonyl (C=O) groups excluding carboxylic acids is 2. The number of hydrogen-bond donors (Lipinski definition) is 2. The second kappa shape index (κ2) is 7.81. The van der Waals surface area contributed by atoms with Crippen LogP contribution in [0.3, 0.4) is 0 Å². The fourth-order valence-electron chi connectivity index (χ4n) is 3.89. The maximum Gasteiger partial charge on any atom is 0.338 e. The summed E-state index contributed by atoms with van der Waals surface area (Å²) in [4.78, 5) is 25.9. The number of hydrogen-bond acceptors (Lipinski definition) is 7. The zero-order valence-corrected chi connectivity index (χ0v) is 16.8. The van der Waals surface area contributed by atoms with E-state index in [4.69, 9.17) is 4.74 Å². The predicted octanol–water partition coefficient (Wildman–Crippen LogP) is 2.60. The molecule has 1 fully saturated rings. The molecule has 0 unspecified atom stereocenters. The Bertz CT molecular complexity index is 926. The van der Waals surface area contributed by atoms with Gasteiger partial charge in [0.2, 0.25) is 0 Å². The van der Waals surface area contributed by atoms with Gasteiger partial charge in [0, 0.05) is 44.2 Å². The molecule has 1 aromatic carbocycles. The van der Waals surface area contributed by atoms with E-state index in [0.29, 0.717) is 30.2 Å². The Kier molecular flexibility index (Phi) is 5.37. The number of benzene rings is 1. The third-order valence-electron chi connectivity index (χ3n) is 5.73. The average molecular weight is 419 g/mol. The van der Waals surface area contributed by atoms with Gasteiger partial charge in [0.1, 0.15) is 11.6 Å². The van der Waals surface area contributed by atoms with Gasteiger partial charge < -0.3 is 20.1 Å². The molecule has 2 N–H and O–H groups in total. The number of nitrogens with zero attached hydrogens (tertiary/aromatic N) is 2. The molecule has 154 valence electrons. The van der Waals surface area contributed by atoms with E-state index in [2.05, 4.69) is 9.69 Å². The summed E-state index contributed by atoms with van der Waals surface area (Å²) in [5.41, 5.74) is 1.02. The van der Waals surface area contributed by atoms with Crippen LogP contribution in [0, 0.1) is 6.92 Å². The molecule has 0 radical (unpaired) electrons. The van der Waals surface area contributed by atoms with Crippen molar-refractivity contribution >= 4 is 28.4 Å². The lowest BCUT2D eigenvalue weighted by atomic mass is 9.91. The van der Waals surface area contributed by atoms with Gasteiger partial charge >= 0.3 is 5.97 Å². The van der Waals surface area contributed by atoms with Gasteiger partial charge in [-0.05, 0) is 41.7 Å². The molecule has 2 aliphatic rings. The molecule has 0 bridgehead atoms. The molecule has 29 heavy (non-hydrogen) atoms. The number of anilines is 1. The van der Waals surface area contributed by atoms with Crippen LogP contribution in [-0.2, 0) is 16.1 Å². The van der Waals surface area contributed by atoms with E-state index in [1.807, 2.05) is 11.8 Å². The van der Waals surface area contributed by atoms with Crippen molar-refractivity contribution in [3.8, 4) is 0 Å². The van der Waals surface area contributed by atoms with Crippen molar-refractivity contribution < 1.29 is 23.8 Å². The van der Waals surface area contributed by atoms with Crippen molar-refractivity contribution in [3.63, 3.8) is 0 Å². The first kappa shape index (κ1) is 19.9. The Balaban J connectivity index is 1.36. The molecular formula is C20H22FN3O4S. The van der Waals surface area contributed by atoms with Gasteiger partial charge in [-0.15, -0.1) is 0 Å². The standard InChI is InChI=1S/C20H22FN3O4S/c1-12-13(2-3-14-15(12)11-28-18(14)26)16(25)10-24-8-5-20(21,6-9-24)19(27)23-17-4-7-22-29-17/h2-4,7,16,25H,5-6,8-11H2,1H3,(H,23,27)/t16-/m0/s1. The molecule has 4 rings (SSSR count). The lowest BCUT2D eigenvalue weighted by Gasteiger charge is -2.36. The van der Waals surface area contributed by atoms with Crippen LogP contribution >= 0.6 is 11.5 Å². The number of aliphatic hydroxyl groups excluding tert-OH is 1. The lowest BCUT2D eigenvalue weighted by molar-refractivity contribution is -0.130. The molecule has 2 aliphatic heterocycles. The molecule has 1 amide bonds. The summed E-state index contributed by atoms with van der Waals surface area (Å²) in [6, 6.07) is 5.06. The first-order valence-corrected chi connectivity index (χ1v) is 10.3. The number of rotatable bonds is 5. The Hall–Kier alpha value is -2.36. The molecule has 0 aliphatic carbocycles. The van der Waals surface area contributed by atoms with Crippen molar-refractivity contribution in [2.75, 3.05) is 25.0 Å². The zero-order chi connectivity index (χ0) is 20.6. The number of nitrogens with one attached hydrogen (secondary N) is 1. The SMILES string of the molecule is Cc1c([C@@H](O)CN2CCC(F)(C(=O)Nc3ccns3)CC2)ccc2c1COC2=O. The normalized spacial score (nSPS) is 19.5. The van der Waals surface area contributed by atoms with Crippen LogP contribution in [0.25, 0.3) is 0 Å². The first-order chi connectivity index (χ1) is 13.9. The van der Waals surface area contributed by atoms with E-state index in [1.54, 1.807) is 24.4 Å². The second-order valence-electron chi connectivity index (χ2n) is 7.49. The quantitative estimate of drug-likeness (QED) is 0.724. The van der Waals surface area contributed by atoms with Crippen molar-refractivity contribution in [2.45, 2.75) is 38.1 Å². The van der Waals surface area contributed by atoms with Gasteiger partial charge in [-0.2, -0.15) is 4.37 Å². The number of carbonyl (C=O) groups is 2. The number of halogens is 1. The van der Waals surface area contributed by atoms with Gasteiger partial charge in [0.15, 0.2) is 5.67 Å². The number of β-amino-alcohol motifs (C(OH)–C–C–N with tert-alkyl or cyclic N) is 1. The summed E-state index contributed by atoms with van der Waals surface area (Å²) < 4.78 is 24.0. The molecule has 2 aromatic rings. The lowest BCUT2D eigenvalue weighted by Crippen LogP contribution is -2.49. The van der Waals surface area contributed by atoms with Gasteiger partial charge in [-0.3, -0.25) is 4.79 Å². The third-order valence-corrected chi connectivity index (χ3v) is 6.39. The van der Waals surface area contributed by atoms with Crippen molar-refractivity contribution in [2.24, 2.45) is 0 Å². The number of aliphatic hydroxyl groups is 1. The van der Waals surface area contributed by atoms with Gasteiger partial charge in [-0.1, -0.05) is 6.07 Å². The highest BCUT2D eigenvalue weighted by Gasteiger charge is 2.42. The van der Waals surface area contributed by atoms with Crippen molar-refractivity contribution in [1.82, 2.24) is 9.27 Å². The highest BCUT2D eigenvalue weighted by Crippen LogP contribution is 2.32. The minimum Gasteiger partial charge on any atom is -0.457 e. The number of fused-ring (bicyclic) bond motifs is 1. The number of cyclic esters (lactones) is 1. The third kappa shape index (κ3) is 3.90. The number of alkyl halides is 1. The summed E-state index contributed by atoms with van der Waals surface area (Å²) >= 11 is 1.11. The summed E-state index contributed by atoms with van der Waals surface area (Å²) in [5.74, 6) is -0.975. The van der Waals surface area contributed by atoms with Crippen LogP contribution in [0.15, 0.2) is 24.4 Å². The maximum atomic E-state index is 15.1. The van der Waals surface area contributed by atoms with E-state index < -0.39 is 17.7 Å². The summed E-state index contributed by atoms with van der Waals surface area (Å²) in [5, 5.41) is 13.8. The first-order valence-electron chi connectivity index (χ1n) is 9.48. The smallest absolute Gasteiger partial charge is 0.338 e. The van der Waals surface area contributed by atoms with Crippen LogP contribution in [0.5, 0.6) is 0 Å². The van der Waals surface area contributed by atoms with E-state index in [1.165, 1.54) is 0 Å². The molecule has 0 spiro atoms. The number of amides is 1. The molecule has 0 saturated carbocycles. The number of aromatic nitrogens is 1. The molecular weight excluding hydrogens is 397 g/mol. The molecule has 9 heteroatoms. The minimum atomic E-state index is -1.92. The van der Waals surface area contributed by atoms with E-state index in [9.17, 15) is 14.7 Å². The van der Waals surface area contributed by atoms with E-state index >= 15 is 4.39 Å². The zero-order valence-electron chi connectivity index (χ0n) is 16.0. The Morgan fingerprint density at radius 1 is 1.41 bits per heavy atom. The number of ether oxygens (including phenoxy) is 1. The van der Waals surface area contributed by atoms with Crippen LogP contribution in [0.4, 0.5) is 9.39 Å². The number of piperidine rings is 1. The minimum absolute atomic E-state index is 0.0653. The van der Waals surface area contributed by atoms with Crippen LogP contribution in [-0.4, -0.2) is 51.6 Å².